The number of aromatic nitrogens is 4. The van der Waals surface area contributed by atoms with Gasteiger partial charge >= 0.3 is 6.09 Å². The van der Waals surface area contributed by atoms with Crippen molar-refractivity contribution in [3.8, 4) is 22.5 Å². The maximum absolute atomic E-state index is 13.3. The lowest BCUT2D eigenvalue weighted by Gasteiger charge is -2.28. The number of carbonyl (C=O) groups is 2. The summed E-state index contributed by atoms with van der Waals surface area (Å²) in [6.45, 7) is 6.37. The Balaban J connectivity index is 1.31. The van der Waals surface area contributed by atoms with E-state index >= 15 is 0 Å². The van der Waals surface area contributed by atoms with E-state index in [1.165, 1.54) is 4.90 Å². The summed E-state index contributed by atoms with van der Waals surface area (Å²) in [6.07, 6.45) is 5.80. The molecule has 45 heavy (non-hydrogen) atoms. The highest BCUT2D eigenvalue weighted by molar-refractivity contribution is 6.02. The van der Waals surface area contributed by atoms with Crippen LogP contribution in [0.3, 0.4) is 0 Å². The van der Waals surface area contributed by atoms with Gasteiger partial charge in [0.2, 0.25) is 5.91 Å². The van der Waals surface area contributed by atoms with E-state index in [1.54, 1.807) is 24.7 Å². The van der Waals surface area contributed by atoms with Crippen molar-refractivity contribution in [3.05, 3.63) is 97.1 Å². The number of pyridine rings is 2. The van der Waals surface area contributed by atoms with E-state index in [9.17, 15) is 9.59 Å². The molecule has 1 aliphatic rings. The van der Waals surface area contributed by atoms with E-state index in [1.807, 2.05) is 69.3 Å². The maximum Gasteiger partial charge on any atom is 0.410 e. The molecule has 1 saturated heterocycles. The van der Waals surface area contributed by atoms with Crippen LogP contribution in [0.15, 0.2) is 91.4 Å². The fourth-order valence-electron chi connectivity index (χ4n) is 5.41. The third-order valence-electron chi connectivity index (χ3n) is 7.42. The zero-order chi connectivity index (χ0) is 31.4. The normalized spacial score (nSPS) is 14.7. The zero-order valence-electron chi connectivity index (χ0n) is 25.5. The average Bonchev–Trinajstić information content (AvgIpc) is 3.54. The van der Waals surface area contributed by atoms with Gasteiger partial charge in [0.25, 0.3) is 0 Å². The van der Waals surface area contributed by atoms with Crippen molar-refractivity contribution in [1.82, 2.24) is 24.8 Å². The number of hydrogen-bond donors (Lipinski definition) is 2. The number of nitrogens with one attached hydrogen (secondary N) is 2. The Kier molecular flexibility index (Phi) is 8.37. The number of likely N-dealkylation sites (tertiary alicyclic amines) is 1. The molecule has 10 heteroatoms. The van der Waals surface area contributed by atoms with Gasteiger partial charge in [-0.1, -0.05) is 48.5 Å². The lowest BCUT2D eigenvalue weighted by molar-refractivity contribution is -0.120. The molecule has 5 aromatic rings. The van der Waals surface area contributed by atoms with E-state index in [0.29, 0.717) is 42.4 Å². The quantitative estimate of drug-likeness (QED) is 0.211. The molecule has 3 aromatic heterocycles. The zero-order valence-corrected chi connectivity index (χ0v) is 25.5. The predicted molar refractivity (Wildman–Crippen MR) is 174 cm³/mol. The summed E-state index contributed by atoms with van der Waals surface area (Å²) in [6, 6.07) is 23.1. The van der Waals surface area contributed by atoms with Gasteiger partial charge in [-0.25, -0.2) is 14.8 Å². The molecule has 0 saturated carbocycles. The number of hydrogen-bond acceptors (Lipinski definition) is 8. The molecule has 0 aliphatic carbocycles. The Hall–Kier alpha value is -5.38. The van der Waals surface area contributed by atoms with Gasteiger partial charge < -0.3 is 15.4 Å². The van der Waals surface area contributed by atoms with Crippen molar-refractivity contribution < 1.29 is 14.3 Å². The third kappa shape index (κ3) is 6.90. The maximum atomic E-state index is 13.3. The van der Waals surface area contributed by atoms with E-state index in [2.05, 4.69) is 38.8 Å². The molecule has 1 unspecified atom stereocenters. The highest BCUT2D eigenvalue weighted by atomic mass is 16.6. The molecule has 10 nitrogen and oxygen atoms in total. The first-order valence-electron chi connectivity index (χ1n) is 15.0. The van der Waals surface area contributed by atoms with E-state index in [4.69, 9.17) is 14.7 Å². The van der Waals surface area contributed by atoms with Crippen LogP contribution in [-0.4, -0.2) is 55.0 Å². The standard InChI is InChI=1S/C35H35N7O3/c1-35(2,3)45-34(44)42-18-10-16-29(42)33(43)39-26-19-24(20-36-21-26)31-40-28-15-9-14-27(23-11-5-4-6-12-23)30(28)32(41-31)38-22-25-13-7-8-17-37-25/h4-9,11-15,17,19-21,29H,10,16,18,22H2,1-3H3,(H,39,43)(H,38,40,41). The largest absolute Gasteiger partial charge is 0.444 e. The van der Waals surface area contributed by atoms with Crippen LogP contribution in [0.5, 0.6) is 0 Å². The van der Waals surface area contributed by atoms with Crippen LogP contribution >= 0.6 is 0 Å². The monoisotopic (exact) mass is 601 g/mol. The second-order valence-electron chi connectivity index (χ2n) is 11.9. The Morgan fingerprint density at radius 2 is 1.78 bits per heavy atom. The summed E-state index contributed by atoms with van der Waals surface area (Å²) in [7, 11) is 0. The number of anilines is 2. The summed E-state index contributed by atoms with van der Waals surface area (Å²) in [5.41, 5.74) is 4.17. The lowest BCUT2D eigenvalue weighted by Crippen LogP contribution is -2.45. The molecular formula is C35H35N7O3. The minimum atomic E-state index is -0.647. The lowest BCUT2D eigenvalue weighted by atomic mass is 10.0. The number of fused-ring (bicyclic) bond motifs is 1. The first-order chi connectivity index (χ1) is 21.7. The summed E-state index contributed by atoms with van der Waals surface area (Å²) in [5.74, 6) is 0.826. The summed E-state index contributed by atoms with van der Waals surface area (Å²) in [5, 5.41) is 7.32. The number of benzene rings is 2. The molecule has 1 atom stereocenters. The summed E-state index contributed by atoms with van der Waals surface area (Å²) >= 11 is 0. The van der Waals surface area contributed by atoms with Crippen molar-refractivity contribution in [2.24, 2.45) is 0 Å². The van der Waals surface area contributed by atoms with Gasteiger partial charge in [-0.15, -0.1) is 0 Å². The minimum absolute atomic E-state index is 0.290. The second-order valence-corrected chi connectivity index (χ2v) is 11.9. The number of nitrogens with zero attached hydrogens (tertiary/aromatic N) is 5. The first-order valence-corrected chi connectivity index (χ1v) is 15.0. The summed E-state index contributed by atoms with van der Waals surface area (Å²) in [4.78, 5) is 46.3. The van der Waals surface area contributed by atoms with Crippen LogP contribution < -0.4 is 10.6 Å². The molecule has 0 radical (unpaired) electrons. The Bertz CT molecular complexity index is 1820. The fraction of sp³-hybridized carbons (Fsp3) is 0.257. The average molecular weight is 602 g/mol. The van der Waals surface area contributed by atoms with E-state index < -0.39 is 17.7 Å². The molecule has 2 amide bonds. The predicted octanol–water partition coefficient (Wildman–Crippen LogP) is 6.70. The molecule has 4 heterocycles. The number of amides is 2. The number of ether oxygens (including phenoxy) is 1. The number of rotatable bonds is 7. The van der Waals surface area contributed by atoms with E-state index in [-0.39, 0.29) is 5.91 Å². The van der Waals surface area contributed by atoms with Crippen molar-refractivity contribution in [1.29, 1.82) is 0 Å². The van der Waals surface area contributed by atoms with E-state index in [0.717, 1.165) is 34.1 Å². The van der Waals surface area contributed by atoms with Crippen LogP contribution in [-0.2, 0) is 16.1 Å². The van der Waals surface area contributed by atoms with Gasteiger partial charge in [0.15, 0.2) is 5.82 Å². The van der Waals surface area contributed by atoms with Gasteiger partial charge in [0, 0.05) is 24.5 Å². The highest BCUT2D eigenvalue weighted by Crippen LogP contribution is 2.34. The number of carbonyl (C=O) groups excluding carboxylic acids is 2. The van der Waals surface area contributed by atoms with Gasteiger partial charge in [-0.3, -0.25) is 19.7 Å². The van der Waals surface area contributed by atoms with Crippen molar-refractivity contribution >= 4 is 34.4 Å². The Morgan fingerprint density at radius 1 is 0.956 bits per heavy atom. The molecular weight excluding hydrogens is 566 g/mol. The molecule has 1 fully saturated rings. The van der Waals surface area contributed by atoms with Crippen LogP contribution in [0.2, 0.25) is 0 Å². The van der Waals surface area contributed by atoms with Crippen molar-refractivity contribution in [3.63, 3.8) is 0 Å². The molecule has 1 aliphatic heterocycles. The smallest absolute Gasteiger partial charge is 0.410 e. The Morgan fingerprint density at radius 3 is 2.56 bits per heavy atom. The highest BCUT2D eigenvalue weighted by Gasteiger charge is 2.36. The Labute approximate surface area is 261 Å². The molecule has 0 bridgehead atoms. The first kappa shape index (κ1) is 29.7. The molecule has 2 aromatic carbocycles. The van der Waals surface area contributed by atoms with Crippen molar-refractivity contribution in [2.45, 2.75) is 51.8 Å². The minimum Gasteiger partial charge on any atom is -0.444 e. The van der Waals surface area contributed by atoms with Crippen LogP contribution in [0.4, 0.5) is 16.3 Å². The van der Waals surface area contributed by atoms with Crippen LogP contribution in [0.1, 0.15) is 39.3 Å². The molecule has 6 rings (SSSR count). The third-order valence-corrected chi connectivity index (χ3v) is 7.42. The molecule has 0 spiro atoms. The van der Waals surface area contributed by atoms with Gasteiger partial charge in [0.05, 0.1) is 35.0 Å². The van der Waals surface area contributed by atoms with Crippen LogP contribution in [0, 0.1) is 0 Å². The fourth-order valence-corrected chi connectivity index (χ4v) is 5.41. The van der Waals surface area contributed by atoms with Gasteiger partial charge in [0.1, 0.15) is 17.5 Å². The molecule has 228 valence electrons. The van der Waals surface area contributed by atoms with Gasteiger partial charge in [-0.2, -0.15) is 0 Å². The summed E-state index contributed by atoms with van der Waals surface area (Å²) < 4.78 is 5.53. The molecule has 2 N–H and O–H groups in total. The van der Waals surface area contributed by atoms with Crippen LogP contribution in [0.25, 0.3) is 33.4 Å². The topological polar surface area (TPSA) is 122 Å². The van der Waals surface area contributed by atoms with Crippen molar-refractivity contribution in [2.75, 3.05) is 17.2 Å². The van der Waals surface area contributed by atoms with Gasteiger partial charge in [-0.05, 0) is 69.0 Å². The SMILES string of the molecule is CC(C)(C)OC(=O)N1CCCC1C(=O)Nc1cncc(-c2nc(NCc3ccccn3)c3c(-c4ccccc4)cccc3n2)c1. The second kappa shape index (κ2) is 12.7.